The van der Waals surface area contributed by atoms with Crippen LogP contribution in [0.2, 0.25) is 0 Å². The van der Waals surface area contributed by atoms with Crippen LogP contribution in [-0.2, 0) is 0 Å². The first-order valence-corrected chi connectivity index (χ1v) is 5.35. The van der Waals surface area contributed by atoms with Gasteiger partial charge in [-0.2, -0.15) is 11.3 Å². The topological polar surface area (TPSA) is 26.0 Å². The van der Waals surface area contributed by atoms with Gasteiger partial charge in [-0.05, 0) is 40.6 Å². The van der Waals surface area contributed by atoms with Crippen molar-refractivity contribution in [2.75, 3.05) is 0 Å². The van der Waals surface area contributed by atoms with Crippen molar-refractivity contribution in [3.05, 3.63) is 57.8 Å². The second kappa shape index (κ2) is 4.08. The normalized spacial score (nSPS) is 12.7. The molecular formula is C11H9F2NS. The van der Waals surface area contributed by atoms with Crippen LogP contribution in [0.5, 0.6) is 0 Å². The van der Waals surface area contributed by atoms with E-state index in [4.69, 9.17) is 5.73 Å². The van der Waals surface area contributed by atoms with E-state index in [0.29, 0.717) is 0 Å². The Labute approximate surface area is 90.2 Å². The summed E-state index contributed by atoms with van der Waals surface area (Å²) in [6.07, 6.45) is 0. The molecule has 2 aromatic rings. The summed E-state index contributed by atoms with van der Waals surface area (Å²) in [5, 5.41) is 3.68. The molecule has 1 atom stereocenters. The van der Waals surface area contributed by atoms with Gasteiger partial charge in [0.25, 0.3) is 0 Å². The number of benzene rings is 1. The Morgan fingerprint density at radius 2 is 2.00 bits per heavy atom. The predicted molar refractivity (Wildman–Crippen MR) is 56.7 cm³/mol. The number of nitrogens with two attached hydrogens (primary N) is 1. The molecule has 0 bridgehead atoms. The summed E-state index contributed by atoms with van der Waals surface area (Å²) in [5.74, 6) is -0.952. The summed E-state index contributed by atoms with van der Waals surface area (Å²) in [6, 6.07) is 4.51. The minimum Gasteiger partial charge on any atom is -0.320 e. The lowest BCUT2D eigenvalue weighted by molar-refractivity contribution is 0.577. The molecular weight excluding hydrogens is 216 g/mol. The van der Waals surface area contributed by atoms with E-state index in [1.165, 1.54) is 11.3 Å². The molecule has 0 aliphatic rings. The SMILES string of the molecule is NC(c1ccsc1)c1cc(F)ccc1F. The predicted octanol–water partition coefficient (Wildman–Crippen LogP) is 3.07. The minimum atomic E-state index is -0.605. The third kappa shape index (κ3) is 2.06. The number of thiophene rings is 1. The molecule has 2 N–H and O–H groups in total. The molecule has 1 aromatic heterocycles. The molecule has 0 aliphatic carbocycles. The maximum atomic E-state index is 13.4. The van der Waals surface area contributed by atoms with Crippen LogP contribution in [0, 0.1) is 11.6 Å². The second-order valence-electron chi connectivity index (χ2n) is 3.20. The fraction of sp³-hybridized carbons (Fsp3) is 0.0909. The first kappa shape index (κ1) is 10.3. The van der Waals surface area contributed by atoms with Crippen LogP contribution in [0.25, 0.3) is 0 Å². The lowest BCUT2D eigenvalue weighted by Gasteiger charge is -2.11. The summed E-state index contributed by atoms with van der Waals surface area (Å²) < 4.78 is 26.3. The maximum absolute atomic E-state index is 13.4. The molecule has 1 nitrogen and oxygen atoms in total. The number of hydrogen-bond acceptors (Lipinski definition) is 2. The molecule has 1 aromatic carbocycles. The van der Waals surface area contributed by atoms with Gasteiger partial charge in [-0.15, -0.1) is 0 Å². The zero-order chi connectivity index (χ0) is 10.8. The van der Waals surface area contributed by atoms with Gasteiger partial charge in [0.05, 0.1) is 6.04 Å². The van der Waals surface area contributed by atoms with E-state index in [-0.39, 0.29) is 5.56 Å². The molecule has 78 valence electrons. The third-order valence-corrected chi connectivity index (χ3v) is 2.90. The Morgan fingerprint density at radius 3 is 2.67 bits per heavy atom. The number of rotatable bonds is 2. The Balaban J connectivity index is 2.41. The highest BCUT2D eigenvalue weighted by Gasteiger charge is 2.14. The van der Waals surface area contributed by atoms with Crippen molar-refractivity contribution >= 4 is 11.3 Å². The lowest BCUT2D eigenvalue weighted by atomic mass is 10.0. The highest BCUT2D eigenvalue weighted by atomic mass is 32.1. The summed E-state index contributed by atoms with van der Waals surface area (Å²) in [4.78, 5) is 0. The van der Waals surface area contributed by atoms with E-state index < -0.39 is 17.7 Å². The van der Waals surface area contributed by atoms with Crippen molar-refractivity contribution in [3.63, 3.8) is 0 Å². The largest absolute Gasteiger partial charge is 0.320 e. The van der Waals surface area contributed by atoms with Gasteiger partial charge in [-0.1, -0.05) is 0 Å². The average molecular weight is 225 g/mol. The zero-order valence-electron chi connectivity index (χ0n) is 7.78. The molecule has 0 fully saturated rings. The monoisotopic (exact) mass is 225 g/mol. The number of hydrogen-bond donors (Lipinski definition) is 1. The van der Waals surface area contributed by atoms with E-state index >= 15 is 0 Å². The second-order valence-corrected chi connectivity index (χ2v) is 3.98. The Hall–Kier alpha value is -1.26. The van der Waals surface area contributed by atoms with Crippen molar-refractivity contribution in [2.45, 2.75) is 6.04 Å². The molecule has 4 heteroatoms. The molecule has 0 saturated carbocycles. The first-order chi connectivity index (χ1) is 7.18. The van der Waals surface area contributed by atoms with E-state index in [0.717, 1.165) is 23.8 Å². The quantitative estimate of drug-likeness (QED) is 0.835. The van der Waals surface area contributed by atoms with E-state index in [1.54, 1.807) is 6.07 Å². The van der Waals surface area contributed by atoms with Crippen LogP contribution in [0.4, 0.5) is 8.78 Å². The minimum absolute atomic E-state index is 0.188. The van der Waals surface area contributed by atoms with Crippen molar-refractivity contribution in [2.24, 2.45) is 5.73 Å². The lowest BCUT2D eigenvalue weighted by Crippen LogP contribution is -2.13. The highest BCUT2D eigenvalue weighted by Crippen LogP contribution is 2.24. The van der Waals surface area contributed by atoms with Gasteiger partial charge >= 0.3 is 0 Å². The van der Waals surface area contributed by atoms with Gasteiger partial charge in [-0.3, -0.25) is 0 Å². The Bertz CT molecular complexity index is 454. The van der Waals surface area contributed by atoms with Gasteiger partial charge in [0.15, 0.2) is 0 Å². The van der Waals surface area contributed by atoms with Crippen LogP contribution in [0.1, 0.15) is 17.2 Å². The summed E-state index contributed by atoms with van der Waals surface area (Å²) in [6.45, 7) is 0. The van der Waals surface area contributed by atoms with Crippen molar-refractivity contribution in [1.29, 1.82) is 0 Å². The van der Waals surface area contributed by atoms with Gasteiger partial charge in [0.2, 0.25) is 0 Å². The number of halogens is 2. The standard InChI is InChI=1S/C11H9F2NS/c12-8-1-2-10(13)9(5-8)11(14)7-3-4-15-6-7/h1-6,11H,14H2. The van der Waals surface area contributed by atoms with Crippen LogP contribution < -0.4 is 5.73 Å². The van der Waals surface area contributed by atoms with Gasteiger partial charge in [0.1, 0.15) is 11.6 Å². The Morgan fingerprint density at radius 1 is 1.20 bits per heavy atom. The average Bonchev–Trinajstić information content (AvgIpc) is 2.74. The van der Waals surface area contributed by atoms with Gasteiger partial charge in [-0.25, -0.2) is 8.78 Å². The molecule has 0 spiro atoms. The molecule has 0 radical (unpaired) electrons. The van der Waals surface area contributed by atoms with E-state index in [9.17, 15) is 8.78 Å². The van der Waals surface area contributed by atoms with Crippen molar-refractivity contribution < 1.29 is 8.78 Å². The maximum Gasteiger partial charge on any atom is 0.128 e. The van der Waals surface area contributed by atoms with E-state index in [1.807, 2.05) is 10.8 Å². The van der Waals surface area contributed by atoms with Crippen LogP contribution in [0.15, 0.2) is 35.0 Å². The van der Waals surface area contributed by atoms with Crippen molar-refractivity contribution in [3.8, 4) is 0 Å². The third-order valence-electron chi connectivity index (χ3n) is 2.20. The van der Waals surface area contributed by atoms with Crippen LogP contribution in [0.3, 0.4) is 0 Å². The van der Waals surface area contributed by atoms with Gasteiger partial charge < -0.3 is 5.73 Å². The fourth-order valence-electron chi connectivity index (χ4n) is 1.38. The summed E-state index contributed by atoms with van der Waals surface area (Å²) >= 11 is 1.48. The fourth-order valence-corrected chi connectivity index (χ4v) is 2.08. The van der Waals surface area contributed by atoms with E-state index in [2.05, 4.69) is 0 Å². The highest BCUT2D eigenvalue weighted by molar-refractivity contribution is 7.08. The molecule has 0 amide bonds. The molecule has 15 heavy (non-hydrogen) atoms. The van der Waals surface area contributed by atoms with Gasteiger partial charge in [0, 0.05) is 5.56 Å². The first-order valence-electron chi connectivity index (χ1n) is 4.41. The summed E-state index contributed by atoms with van der Waals surface area (Å²) in [5.41, 5.74) is 6.81. The van der Waals surface area contributed by atoms with Crippen LogP contribution in [-0.4, -0.2) is 0 Å². The Kier molecular flexibility index (Phi) is 2.79. The molecule has 0 saturated heterocycles. The van der Waals surface area contributed by atoms with Crippen LogP contribution >= 0.6 is 11.3 Å². The smallest absolute Gasteiger partial charge is 0.128 e. The molecule has 0 aliphatic heterocycles. The molecule has 1 unspecified atom stereocenters. The zero-order valence-corrected chi connectivity index (χ0v) is 8.60. The molecule has 2 rings (SSSR count). The van der Waals surface area contributed by atoms with Crippen molar-refractivity contribution in [1.82, 2.24) is 0 Å². The molecule has 1 heterocycles. The summed E-state index contributed by atoms with van der Waals surface area (Å²) in [7, 11) is 0.